The van der Waals surface area contributed by atoms with Crippen LogP contribution in [-0.4, -0.2) is 20.9 Å². The summed E-state index contributed by atoms with van der Waals surface area (Å²) in [6.07, 6.45) is 0. The normalized spacial score (nSPS) is 10.7. The number of para-hydroxylation sites is 1. The smallest absolute Gasteiger partial charge is 0.242 e. The van der Waals surface area contributed by atoms with Gasteiger partial charge < -0.3 is 5.32 Å². The zero-order valence-corrected chi connectivity index (χ0v) is 12.3. The van der Waals surface area contributed by atoms with Crippen LogP contribution in [0.1, 0.15) is 5.56 Å². The van der Waals surface area contributed by atoms with Crippen LogP contribution in [-0.2, 0) is 14.8 Å². The first-order valence-corrected chi connectivity index (χ1v) is 7.85. The van der Waals surface area contributed by atoms with Crippen molar-refractivity contribution in [2.24, 2.45) is 0 Å². The molecule has 0 aliphatic heterocycles. The Balaban J connectivity index is 2.04. The molecule has 2 aromatic rings. The number of sulfonamides is 1. The molecule has 0 radical (unpaired) electrons. The minimum atomic E-state index is -3.92. The number of amides is 1. The zero-order valence-electron chi connectivity index (χ0n) is 11.5. The van der Waals surface area contributed by atoms with Crippen molar-refractivity contribution in [2.45, 2.75) is 4.90 Å². The van der Waals surface area contributed by atoms with Crippen LogP contribution in [0.15, 0.2) is 59.5 Å². The zero-order chi connectivity index (χ0) is 16.0. The van der Waals surface area contributed by atoms with Gasteiger partial charge in [-0.2, -0.15) is 5.26 Å². The molecular weight excluding hydrogens is 302 g/mol. The molecule has 0 aromatic heterocycles. The molecule has 0 aliphatic carbocycles. The minimum Gasteiger partial charge on any atom is -0.325 e. The molecule has 2 aromatic carbocycles. The molecule has 0 atom stereocenters. The average molecular weight is 315 g/mol. The number of benzene rings is 2. The lowest BCUT2D eigenvalue weighted by molar-refractivity contribution is -0.115. The standard InChI is InChI=1S/C15H13N3O3S/c16-10-12-6-4-5-9-14(12)22(20,21)17-11-15(19)18-13-7-2-1-3-8-13/h1-9,17H,11H2,(H,18,19). The molecule has 0 bridgehead atoms. The number of nitriles is 1. The molecule has 0 saturated heterocycles. The van der Waals surface area contributed by atoms with E-state index in [-0.39, 0.29) is 10.5 Å². The SMILES string of the molecule is N#Cc1ccccc1S(=O)(=O)NCC(=O)Nc1ccccc1. The molecule has 2 rings (SSSR count). The Bertz CT molecular complexity index is 811. The second kappa shape index (κ2) is 6.85. The van der Waals surface area contributed by atoms with Gasteiger partial charge in [0, 0.05) is 5.69 Å². The van der Waals surface area contributed by atoms with Crippen molar-refractivity contribution in [3.8, 4) is 6.07 Å². The van der Waals surface area contributed by atoms with Crippen molar-refractivity contribution in [1.29, 1.82) is 5.26 Å². The van der Waals surface area contributed by atoms with Gasteiger partial charge in [0.1, 0.15) is 6.07 Å². The number of carbonyl (C=O) groups excluding carboxylic acids is 1. The van der Waals surface area contributed by atoms with E-state index >= 15 is 0 Å². The van der Waals surface area contributed by atoms with Gasteiger partial charge in [-0.05, 0) is 24.3 Å². The van der Waals surface area contributed by atoms with Gasteiger partial charge in [0.15, 0.2) is 0 Å². The van der Waals surface area contributed by atoms with E-state index in [1.807, 2.05) is 6.07 Å². The lowest BCUT2D eigenvalue weighted by atomic mass is 10.2. The number of carbonyl (C=O) groups is 1. The Morgan fingerprint density at radius 2 is 1.68 bits per heavy atom. The van der Waals surface area contributed by atoms with Crippen molar-refractivity contribution >= 4 is 21.6 Å². The largest absolute Gasteiger partial charge is 0.325 e. The Kier molecular flexibility index (Phi) is 4.88. The second-order valence-corrected chi connectivity index (χ2v) is 6.08. The summed E-state index contributed by atoms with van der Waals surface area (Å²) in [6, 6.07) is 16.3. The number of nitrogens with zero attached hydrogens (tertiary/aromatic N) is 1. The van der Waals surface area contributed by atoms with E-state index in [4.69, 9.17) is 5.26 Å². The van der Waals surface area contributed by atoms with E-state index in [0.717, 1.165) is 0 Å². The molecule has 112 valence electrons. The molecular formula is C15H13N3O3S. The molecule has 0 unspecified atom stereocenters. The van der Waals surface area contributed by atoms with Crippen LogP contribution in [0.2, 0.25) is 0 Å². The average Bonchev–Trinajstić information content (AvgIpc) is 2.54. The van der Waals surface area contributed by atoms with Gasteiger partial charge in [0.25, 0.3) is 0 Å². The van der Waals surface area contributed by atoms with Gasteiger partial charge >= 0.3 is 0 Å². The summed E-state index contributed by atoms with van der Waals surface area (Å²) in [4.78, 5) is 11.6. The molecule has 0 fully saturated rings. The summed E-state index contributed by atoms with van der Waals surface area (Å²) in [5.74, 6) is -0.496. The van der Waals surface area contributed by atoms with Gasteiger partial charge in [-0.15, -0.1) is 0 Å². The van der Waals surface area contributed by atoms with Crippen LogP contribution < -0.4 is 10.0 Å². The molecule has 22 heavy (non-hydrogen) atoms. The van der Waals surface area contributed by atoms with Gasteiger partial charge in [0.2, 0.25) is 15.9 Å². The molecule has 1 amide bonds. The lowest BCUT2D eigenvalue weighted by Gasteiger charge is -2.08. The Morgan fingerprint density at radius 3 is 2.36 bits per heavy atom. The van der Waals surface area contributed by atoms with Crippen LogP contribution in [0.4, 0.5) is 5.69 Å². The van der Waals surface area contributed by atoms with E-state index < -0.39 is 22.5 Å². The summed E-state index contributed by atoms with van der Waals surface area (Å²) < 4.78 is 26.4. The maximum atomic E-state index is 12.1. The summed E-state index contributed by atoms with van der Waals surface area (Å²) in [5, 5.41) is 11.5. The summed E-state index contributed by atoms with van der Waals surface area (Å²) in [6.45, 7) is -0.420. The van der Waals surface area contributed by atoms with E-state index in [9.17, 15) is 13.2 Å². The topological polar surface area (TPSA) is 99.1 Å². The quantitative estimate of drug-likeness (QED) is 0.873. The third kappa shape index (κ3) is 3.91. The van der Waals surface area contributed by atoms with Crippen molar-refractivity contribution in [3.05, 3.63) is 60.2 Å². The fourth-order valence-electron chi connectivity index (χ4n) is 1.76. The summed E-state index contributed by atoms with van der Waals surface area (Å²) in [7, 11) is -3.92. The van der Waals surface area contributed by atoms with Crippen LogP contribution in [0.5, 0.6) is 0 Å². The molecule has 6 nitrogen and oxygen atoms in total. The third-order valence-corrected chi connectivity index (χ3v) is 4.24. The highest BCUT2D eigenvalue weighted by Gasteiger charge is 2.19. The van der Waals surface area contributed by atoms with Crippen LogP contribution in [0, 0.1) is 11.3 Å². The van der Waals surface area contributed by atoms with E-state index in [2.05, 4.69) is 10.0 Å². The predicted octanol–water partition coefficient (Wildman–Crippen LogP) is 1.48. The fourth-order valence-corrected chi connectivity index (χ4v) is 2.90. The molecule has 0 heterocycles. The van der Waals surface area contributed by atoms with Crippen molar-refractivity contribution in [1.82, 2.24) is 4.72 Å². The monoisotopic (exact) mass is 315 g/mol. The molecule has 0 saturated carbocycles. The van der Waals surface area contributed by atoms with Gasteiger partial charge in [-0.3, -0.25) is 4.79 Å². The minimum absolute atomic E-state index is 0.0264. The molecule has 0 aliphatic rings. The lowest BCUT2D eigenvalue weighted by Crippen LogP contribution is -2.33. The van der Waals surface area contributed by atoms with Crippen molar-refractivity contribution < 1.29 is 13.2 Å². The van der Waals surface area contributed by atoms with E-state index in [1.54, 1.807) is 36.4 Å². The number of hydrogen-bond donors (Lipinski definition) is 2. The summed E-state index contributed by atoms with van der Waals surface area (Å²) in [5.41, 5.74) is 0.600. The van der Waals surface area contributed by atoms with Crippen LogP contribution in [0.3, 0.4) is 0 Å². The first-order chi connectivity index (χ1) is 10.5. The number of hydrogen-bond acceptors (Lipinski definition) is 4. The molecule has 2 N–H and O–H groups in total. The number of nitrogens with one attached hydrogen (secondary N) is 2. The molecule has 7 heteroatoms. The second-order valence-electron chi connectivity index (χ2n) is 4.35. The highest BCUT2D eigenvalue weighted by Crippen LogP contribution is 2.13. The maximum Gasteiger partial charge on any atom is 0.242 e. The third-order valence-electron chi connectivity index (χ3n) is 2.78. The van der Waals surface area contributed by atoms with Crippen LogP contribution >= 0.6 is 0 Å². The van der Waals surface area contributed by atoms with Crippen molar-refractivity contribution in [2.75, 3.05) is 11.9 Å². The maximum absolute atomic E-state index is 12.1. The molecule has 0 spiro atoms. The highest BCUT2D eigenvalue weighted by molar-refractivity contribution is 7.89. The predicted molar refractivity (Wildman–Crippen MR) is 81.4 cm³/mol. The first kappa shape index (κ1) is 15.7. The first-order valence-electron chi connectivity index (χ1n) is 6.36. The van der Waals surface area contributed by atoms with Crippen LogP contribution in [0.25, 0.3) is 0 Å². The Hall–Kier alpha value is -2.69. The fraction of sp³-hybridized carbons (Fsp3) is 0.0667. The Labute approximate surface area is 128 Å². The van der Waals surface area contributed by atoms with E-state index in [0.29, 0.717) is 5.69 Å². The highest BCUT2D eigenvalue weighted by atomic mass is 32.2. The van der Waals surface area contributed by atoms with Crippen molar-refractivity contribution in [3.63, 3.8) is 0 Å². The number of anilines is 1. The summed E-state index contributed by atoms with van der Waals surface area (Å²) >= 11 is 0. The van der Waals surface area contributed by atoms with Gasteiger partial charge in [-0.1, -0.05) is 30.3 Å². The van der Waals surface area contributed by atoms with Gasteiger partial charge in [-0.25, -0.2) is 13.1 Å². The van der Waals surface area contributed by atoms with Gasteiger partial charge in [0.05, 0.1) is 17.0 Å². The van der Waals surface area contributed by atoms with E-state index in [1.165, 1.54) is 18.2 Å². The number of rotatable bonds is 5. The Morgan fingerprint density at radius 1 is 1.05 bits per heavy atom.